The summed E-state index contributed by atoms with van der Waals surface area (Å²) in [5, 5.41) is 6.79. The Morgan fingerprint density at radius 2 is 1.84 bits per heavy atom. The second kappa shape index (κ2) is 13.1. The summed E-state index contributed by atoms with van der Waals surface area (Å²) in [6, 6.07) is 0. The van der Waals surface area contributed by atoms with E-state index < -0.39 is 0 Å². The second-order valence-corrected chi connectivity index (χ2v) is 8.20. The molecule has 5 nitrogen and oxygen atoms in total. The summed E-state index contributed by atoms with van der Waals surface area (Å²) >= 11 is 0. The summed E-state index contributed by atoms with van der Waals surface area (Å²) in [6.07, 6.45) is 5.32. The highest BCUT2D eigenvalue weighted by molar-refractivity contribution is 14.0. The predicted molar refractivity (Wildman–Crippen MR) is 119 cm³/mol. The number of ether oxygens (including phenoxy) is 1. The summed E-state index contributed by atoms with van der Waals surface area (Å²) in [5.74, 6) is 1.79. The van der Waals surface area contributed by atoms with Gasteiger partial charge in [-0.25, -0.2) is 0 Å². The van der Waals surface area contributed by atoms with E-state index in [0.29, 0.717) is 0 Å². The van der Waals surface area contributed by atoms with Crippen LogP contribution in [0.4, 0.5) is 0 Å². The Morgan fingerprint density at radius 3 is 2.36 bits per heavy atom. The number of halogens is 1. The lowest BCUT2D eigenvalue weighted by atomic mass is 9.89. The van der Waals surface area contributed by atoms with E-state index in [1.807, 2.05) is 7.05 Å². The van der Waals surface area contributed by atoms with Crippen molar-refractivity contribution >= 4 is 29.9 Å². The minimum atomic E-state index is 0. The number of nitrogens with zero attached hydrogens (tertiary/aromatic N) is 2. The molecule has 0 saturated carbocycles. The summed E-state index contributed by atoms with van der Waals surface area (Å²) in [6.45, 7) is 14.5. The molecule has 1 heterocycles. The van der Waals surface area contributed by atoms with Gasteiger partial charge in [0.25, 0.3) is 0 Å². The van der Waals surface area contributed by atoms with Crippen LogP contribution in [0.15, 0.2) is 4.99 Å². The Hall–Kier alpha value is -0.0800. The largest absolute Gasteiger partial charge is 0.379 e. The van der Waals surface area contributed by atoms with Crippen molar-refractivity contribution in [1.29, 1.82) is 0 Å². The second-order valence-electron chi connectivity index (χ2n) is 8.20. The molecule has 1 atom stereocenters. The van der Waals surface area contributed by atoms with Crippen LogP contribution in [0.3, 0.4) is 0 Å². The van der Waals surface area contributed by atoms with E-state index >= 15 is 0 Å². The van der Waals surface area contributed by atoms with Gasteiger partial charge in [-0.15, -0.1) is 24.0 Å². The molecule has 25 heavy (non-hydrogen) atoms. The number of piperidine rings is 1. The standard InChI is InChI=1S/C19H40N4O.HI/c1-16-9-13-23(14-10-16)12-8-7-11-21-18(20-5)22-15-17(24-6)19(2,3)4;/h16-17H,7-15H2,1-6H3,(H2,20,21,22);1H. The lowest BCUT2D eigenvalue weighted by Gasteiger charge is -2.30. The van der Waals surface area contributed by atoms with Crippen LogP contribution in [0.1, 0.15) is 53.4 Å². The monoisotopic (exact) mass is 468 g/mol. The molecule has 150 valence electrons. The van der Waals surface area contributed by atoms with E-state index in [-0.39, 0.29) is 35.5 Å². The van der Waals surface area contributed by atoms with Gasteiger partial charge in [0.1, 0.15) is 0 Å². The third-order valence-electron chi connectivity index (χ3n) is 5.00. The van der Waals surface area contributed by atoms with Gasteiger partial charge in [-0.05, 0) is 56.7 Å². The fourth-order valence-corrected chi connectivity index (χ4v) is 3.11. The Labute approximate surface area is 172 Å². The number of rotatable bonds is 8. The highest BCUT2D eigenvalue weighted by atomic mass is 127. The number of aliphatic imine (C=N–C) groups is 1. The lowest BCUT2D eigenvalue weighted by molar-refractivity contribution is 0.0205. The quantitative estimate of drug-likeness (QED) is 0.248. The molecule has 0 spiro atoms. The first-order valence-electron chi connectivity index (χ1n) is 9.56. The van der Waals surface area contributed by atoms with Crippen molar-refractivity contribution < 1.29 is 4.74 Å². The van der Waals surface area contributed by atoms with Crippen LogP contribution in [0, 0.1) is 11.3 Å². The fraction of sp³-hybridized carbons (Fsp3) is 0.947. The molecule has 2 N–H and O–H groups in total. The summed E-state index contributed by atoms with van der Waals surface area (Å²) in [4.78, 5) is 6.91. The molecule has 0 amide bonds. The molecule has 1 aliphatic heterocycles. The van der Waals surface area contributed by atoms with Crippen molar-refractivity contribution in [3.05, 3.63) is 0 Å². The van der Waals surface area contributed by atoms with Crippen LogP contribution in [0.25, 0.3) is 0 Å². The van der Waals surface area contributed by atoms with Gasteiger partial charge in [0.2, 0.25) is 0 Å². The Balaban J connectivity index is 0.00000576. The molecule has 1 aliphatic rings. The first-order valence-corrected chi connectivity index (χ1v) is 9.56. The molecule has 0 aliphatic carbocycles. The van der Waals surface area contributed by atoms with Crippen LogP contribution in [0.5, 0.6) is 0 Å². The molecule has 0 radical (unpaired) electrons. The van der Waals surface area contributed by atoms with Crippen LogP contribution in [-0.4, -0.2) is 63.8 Å². The van der Waals surface area contributed by atoms with Crippen molar-refractivity contribution in [1.82, 2.24) is 15.5 Å². The zero-order chi connectivity index (χ0) is 18.0. The van der Waals surface area contributed by atoms with Gasteiger partial charge in [0.15, 0.2) is 5.96 Å². The van der Waals surface area contributed by atoms with Crippen LogP contribution in [0.2, 0.25) is 0 Å². The summed E-state index contributed by atoms with van der Waals surface area (Å²) in [7, 11) is 3.60. The molecule has 6 heteroatoms. The van der Waals surface area contributed by atoms with Crippen LogP contribution in [-0.2, 0) is 4.74 Å². The highest BCUT2D eigenvalue weighted by Crippen LogP contribution is 2.20. The Bertz CT molecular complexity index is 363. The van der Waals surface area contributed by atoms with E-state index in [2.05, 4.69) is 48.2 Å². The Morgan fingerprint density at radius 1 is 1.20 bits per heavy atom. The van der Waals surface area contributed by atoms with Gasteiger partial charge in [0, 0.05) is 27.2 Å². The minimum Gasteiger partial charge on any atom is -0.379 e. The number of likely N-dealkylation sites (tertiary alicyclic amines) is 1. The number of methoxy groups -OCH3 is 1. The van der Waals surface area contributed by atoms with Gasteiger partial charge in [-0.2, -0.15) is 0 Å². The van der Waals surface area contributed by atoms with E-state index in [1.54, 1.807) is 7.11 Å². The number of hydrogen-bond acceptors (Lipinski definition) is 3. The molecule has 0 aromatic heterocycles. The van der Waals surface area contributed by atoms with Crippen molar-refractivity contribution in [2.24, 2.45) is 16.3 Å². The molecule has 0 bridgehead atoms. The van der Waals surface area contributed by atoms with E-state index in [0.717, 1.165) is 25.0 Å². The van der Waals surface area contributed by atoms with E-state index in [1.165, 1.54) is 45.3 Å². The van der Waals surface area contributed by atoms with Crippen molar-refractivity contribution in [2.75, 3.05) is 46.9 Å². The maximum atomic E-state index is 5.58. The molecule has 1 rings (SSSR count). The smallest absolute Gasteiger partial charge is 0.191 e. The van der Waals surface area contributed by atoms with Crippen molar-refractivity contribution in [3.8, 4) is 0 Å². The van der Waals surface area contributed by atoms with Crippen LogP contribution >= 0.6 is 24.0 Å². The van der Waals surface area contributed by atoms with Crippen LogP contribution < -0.4 is 10.6 Å². The molecule has 1 fully saturated rings. The lowest BCUT2D eigenvalue weighted by Crippen LogP contribution is -2.45. The van der Waals surface area contributed by atoms with Gasteiger partial charge < -0.3 is 20.3 Å². The first kappa shape index (κ1) is 24.9. The number of hydrogen-bond donors (Lipinski definition) is 2. The van der Waals surface area contributed by atoms with E-state index in [4.69, 9.17) is 4.74 Å². The predicted octanol–water partition coefficient (Wildman–Crippen LogP) is 3.34. The normalized spacial score (nSPS) is 18.6. The number of unbranched alkanes of at least 4 members (excludes halogenated alkanes) is 1. The summed E-state index contributed by atoms with van der Waals surface area (Å²) in [5.41, 5.74) is 0.118. The first-order chi connectivity index (χ1) is 11.4. The van der Waals surface area contributed by atoms with Crippen molar-refractivity contribution in [2.45, 2.75) is 59.5 Å². The molecular formula is C19H41IN4O. The third-order valence-corrected chi connectivity index (χ3v) is 5.00. The summed E-state index contributed by atoms with van der Waals surface area (Å²) < 4.78 is 5.58. The van der Waals surface area contributed by atoms with Gasteiger partial charge in [-0.3, -0.25) is 4.99 Å². The van der Waals surface area contributed by atoms with Crippen molar-refractivity contribution in [3.63, 3.8) is 0 Å². The van der Waals surface area contributed by atoms with Gasteiger partial charge >= 0.3 is 0 Å². The SMILES string of the molecule is CN=C(NCCCCN1CCC(C)CC1)NCC(OC)C(C)(C)C.I. The zero-order valence-electron chi connectivity index (χ0n) is 17.2. The van der Waals surface area contributed by atoms with Gasteiger partial charge in [-0.1, -0.05) is 27.7 Å². The zero-order valence-corrected chi connectivity index (χ0v) is 19.6. The topological polar surface area (TPSA) is 48.9 Å². The Kier molecular flexibility index (Phi) is 13.1. The minimum absolute atomic E-state index is 0. The molecule has 0 aromatic carbocycles. The van der Waals surface area contributed by atoms with E-state index in [9.17, 15) is 0 Å². The average Bonchev–Trinajstić information content (AvgIpc) is 2.53. The fourth-order valence-electron chi connectivity index (χ4n) is 3.11. The average molecular weight is 468 g/mol. The highest BCUT2D eigenvalue weighted by Gasteiger charge is 2.24. The van der Waals surface area contributed by atoms with Gasteiger partial charge in [0.05, 0.1) is 6.10 Å². The maximum absolute atomic E-state index is 5.58. The maximum Gasteiger partial charge on any atom is 0.191 e. The molecular weight excluding hydrogens is 427 g/mol. The molecule has 0 aromatic rings. The third kappa shape index (κ3) is 10.6. The number of nitrogens with one attached hydrogen (secondary N) is 2. The molecule has 1 saturated heterocycles. The molecule has 1 unspecified atom stereocenters. The number of guanidine groups is 1.